The van der Waals surface area contributed by atoms with Crippen molar-refractivity contribution in [3.8, 4) is 34.2 Å². The molecule has 1 saturated heterocycles. The number of carbonyl (C=O) groups excluding carboxylic acids is 2. The number of hydrogen-bond acceptors (Lipinski definition) is 8. The molecule has 0 bridgehead atoms. The van der Waals surface area contributed by atoms with E-state index in [-0.39, 0.29) is 41.6 Å². The van der Waals surface area contributed by atoms with E-state index in [4.69, 9.17) is 4.98 Å². The monoisotopic (exact) mass is 920 g/mol. The number of Topliss-reactive ketones (excluding diaryl/α,β-unsaturated/α-hetero) is 1. The number of nitrogens with zero attached hydrogens (tertiary/aromatic N) is 5. The number of aromatic nitrogens is 6. The van der Waals surface area contributed by atoms with E-state index >= 15 is 8.78 Å². The van der Waals surface area contributed by atoms with Crippen molar-refractivity contribution >= 4 is 33.4 Å². The molecule has 4 aromatic heterocycles. The minimum absolute atomic E-state index is 0.0685. The molecule has 5 heterocycles. The summed E-state index contributed by atoms with van der Waals surface area (Å²) in [5.41, 5.74) is 2.19. The molecular weight excluding hydrogens is 886 g/mol. The molecule has 10 nitrogen and oxygen atoms in total. The van der Waals surface area contributed by atoms with E-state index in [9.17, 15) is 31.5 Å². The van der Waals surface area contributed by atoms with E-state index in [0.717, 1.165) is 54.2 Å². The van der Waals surface area contributed by atoms with E-state index in [2.05, 4.69) is 42.5 Å². The van der Waals surface area contributed by atoms with Gasteiger partial charge in [-0.3, -0.25) is 14.3 Å². The molecule has 7 aromatic rings. The first kappa shape index (κ1) is 42.0. The maximum Gasteiger partial charge on any atom is 0.435 e. The standard InChI is InChI=1S/C48H35F7N8O2S/c49-28-14-24(15-29(50)18-28)16-35(58-39(65)22-63-44-41(43(62-63)48(53,54)55)32-19-33(32)47(44,51)52)42-31(27-9-8-25-10-11-37(64)30(25)17-27)20-38-46(61-42)60-40(66-38)12-5-23-3-6-26(7-4-23)36-21-57-45(59-36)34-2-1-13-56-34/h3-4,6-9,14-15,17-18,20-21,32-35,56H,1-2,10-11,13,16,19,22H2,(H,57,59)(H,58,65)/t32-,33+,34?,35-/m0/s1. The van der Waals surface area contributed by atoms with Crippen LogP contribution >= 0.6 is 11.3 Å². The number of ketones is 1. The number of hydrogen-bond donors (Lipinski definition) is 3. The van der Waals surface area contributed by atoms with Crippen molar-refractivity contribution < 1.29 is 40.3 Å². The molecule has 4 atom stereocenters. The van der Waals surface area contributed by atoms with Crippen LogP contribution in [0.2, 0.25) is 0 Å². The number of thiazole rings is 1. The van der Waals surface area contributed by atoms with Gasteiger partial charge in [-0.15, -0.1) is 11.3 Å². The highest BCUT2D eigenvalue weighted by Crippen LogP contribution is 2.68. The van der Waals surface area contributed by atoms with Crippen LogP contribution in [-0.4, -0.2) is 48.0 Å². The molecule has 1 aliphatic heterocycles. The van der Waals surface area contributed by atoms with Crippen LogP contribution in [0.5, 0.6) is 0 Å². The van der Waals surface area contributed by atoms with Gasteiger partial charge in [0.15, 0.2) is 22.1 Å². The summed E-state index contributed by atoms with van der Waals surface area (Å²) in [7, 11) is 0. The fourth-order valence-electron chi connectivity index (χ4n) is 9.62. The van der Waals surface area contributed by atoms with Crippen LogP contribution in [0, 0.1) is 29.4 Å². The molecule has 1 unspecified atom stereocenters. The quantitative estimate of drug-likeness (QED) is 0.0972. The smallest absolute Gasteiger partial charge is 0.346 e. The van der Waals surface area contributed by atoms with Gasteiger partial charge in [-0.1, -0.05) is 30.2 Å². The van der Waals surface area contributed by atoms with Crippen molar-refractivity contribution in [1.29, 1.82) is 0 Å². The molecule has 66 heavy (non-hydrogen) atoms. The van der Waals surface area contributed by atoms with Crippen LogP contribution in [0.25, 0.3) is 32.7 Å². The minimum atomic E-state index is -5.05. The molecule has 1 amide bonds. The van der Waals surface area contributed by atoms with E-state index in [1.165, 1.54) is 11.3 Å². The number of fused-ring (bicyclic) bond motifs is 5. The predicted molar refractivity (Wildman–Crippen MR) is 228 cm³/mol. The number of nitrogens with one attached hydrogen (secondary N) is 3. The van der Waals surface area contributed by atoms with E-state index < -0.39 is 71.0 Å². The van der Waals surface area contributed by atoms with Gasteiger partial charge in [0.25, 0.3) is 5.92 Å². The summed E-state index contributed by atoms with van der Waals surface area (Å²) < 4.78 is 104. The fourth-order valence-corrected chi connectivity index (χ4v) is 10.4. The molecule has 18 heteroatoms. The number of alkyl halides is 5. The van der Waals surface area contributed by atoms with Crippen LogP contribution in [0.15, 0.2) is 72.9 Å². The highest BCUT2D eigenvalue weighted by Gasteiger charge is 2.68. The summed E-state index contributed by atoms with van der Waals surface area (Å²) >= 11 is 1.23. The normalized spacial score (nSPS) is 19.6. The lowest BCUT2D eigenvalue weighted by Gasteiger charge is -2.23. The second-order valence-electron chi connectivity index (χ2n) is 17.2. The molecule has 4 aliphatic rings. The zero-order valence-corrected chi connectivity index (χ0v) is 35.3. The molecule has 334 valence electrons. The zero-order chi connectivity index (χ0) is 45.6. The number of H-pyrrole nitrogens is 1. The van der Waals surface area contributed by atoms with E-state index in [0.29, 0.717) is 55.6 Å². The Hall–Kier alpha value is -6.71. The number of aryl methyl sites for hydroxylation is 1. The summed E-state index contributed by atoms with van der Waals surface area (Å²) in [6, 6.07) is 16.4. The van der Waals surface area contributed by atoms with Crippen molar-refractivity contribution in [2.75, 3.05) is 6.54 Å². The number of benzene rings is 3. The van der Waals surface area contributed by atoms with Crippen LogP contribution in [0.1, 0.15) is 104 Å². The molecule has 3 aromatic carbocycles. The maximum atomic E-state index is 15.5. The van der Waals surface area contributed by atoms with Gasteiger partial charge in [0.2, 0.25) is 5.91 Å². The Morgan fingerprint density at radius 3 is 2.52 bits per heavy atom. The lowest BCUT2D eigenvalue weighted by atomic mass is 9.93. The summed E-state index contributed by atoms with van der Waals surface area (Å²) in [5, 5.41) is 10.0. The van der Waals surface area contributed by atoms with Gasteiger partial charge in [-0.2, -0.15) is 27.1 Å². The van der Waals surface area contributed by atoms with Crippen molar-refractivity contribution in [3.05, 3.63) is 140 Å². The Balaban J connectivity index is 0.959. The SMILES string of the molecule is O=C(Cn1nc(C(F)(F)F)c2c1C(F)(F)[C@@H]1C[C@H]21)N[C@@H](Cc1cc(F)cc(F)c1)c1nc2nc(C#Cc3ccc(-c4cnc(C5CCCN5)[nH]4)cc3)sc2cc1-c1ccc2c(c1)C(=O)CC2. The Morgan fingerprint density at radius 2 is 1.76 bits per heavy atom. The summed E-state index contributed by atoms with van der Waals surface area (Å²) in [4.78, 5) is 44.5. The first-order chi connectivity index (χ1) is 31.7. The summed E-state index contributed by atoms with van der Waals surface area (Å²) in [5.74, 6) is -1.76. The topological polar surface area (TPSA) is 130 Å². The van der Waals surface area contributed by atoms with Crippen molar-refractivity contribution in [2.45, 2.75) is 75.2 Å². The van der Waals surface area contributed by atoms with Gasteiger partial charge in [-0.25, -0.2) is 23.7 Å². The summed E-state index contributed by atoms with van der Waals surface area (Å²) in [6.45, 7) is -0.0667. The molecular formula is C48H35F7N8O2S. The van der Waals surface area contributed by atoms with Crippen LogP contribution < -0.4 is 10.6 Å². The van der Waals surface area contributed by atoms with Gasteiger partial charge < -0.3 is 15.6 Å². The largest absolute Gasteiger partial charge is 0.435 e. The fraction of sp³-hybridized carbons (Fsp3) is 0.292. The average Bonchev–Trinajstić information content (AvgIpc) is 3.92. The molecule has 11 rings (SSSR count). The molecule has 0 radical (unpaired) electrons. The zero-order valence-electron chi connectivity index (χ0n) is 34.5. The number of aromatic amines is 1. The van der Waals surface area contributed by atoms with Gasteiger partial charge in [0.1, 0.15) is 29.7 Å². The number of halogens is 7. The van der Waals surface area contributed by atoms with Crippen molar-refractivity contribution in [3.63, 3.8) is 0 Å². The Kier molecular flexibility index (Phi) is 10.00. The highest BCUT2D eigenvalue weighted by atomic mass is 32.1. The van der Waals surface area contributed by atoms with Crippen molar-refractivity contribution in [1.82, 2.24) is 40.3 Å². The lowest BCUT2D eigenvalue weighted by molar-refractivity contribution is -0.142. The first-order valence-corrected chi connectivity index (χ1v) is 22.2. The maximum absolute atomic E-state index is 15.5. The van der Waals surface area contributed by atoms with Gasteiger partial charge in [-0.05, 0) is 109 Å². The molecule has 3 N–H and O–H groups in total. The summed E-state index contributed by atoms with van der Waals surface area (Å²) in [6.07, 6.45) is -0.675. The highest BCUT2D eigenvalue weighted by molar-refractivity contribution is 7.19. The number of amides is 1. The van der Waals surface area contributed by atoms with Crippen molar-refractivity contribution in [2.24, 2.45) is 5.92 Å². The van der Waals surface area contributed by atoms with Crippen LogP contribution in [0.4, 0.5) is 30.7 Å². The number of imidazole rings is 1. The van der Waals surface area contributed by atoms with Crippen LogP contribution in [0.3, 0.4) is 0 Å². The van der Waals surface area contributed by atoms with Gasteiger partial charge in [0.05, 0.1) is 34.4 Å². The Morgan fingerprint density at radius 1 is 0.970 bits per heavy atom. The second-order valence-corrected chi connectivity index (χ2v) is 18.2. The molecule has 2 fully saturated rings. The predicted octanol–water partition coefficient (Wildman–Crippen LogP) is 9.50. The van der Waals surface area contributed by atoms with E-state index in [1.54, 1.807) is 24.4 Å². The number of pyridine rings is 1. The Bertz CT molecular complexity index is 3170. The molecule has 0 spiro atoms. The number of rotatable bonds is 9. The number of carbonyl (C=O) groups is 2. The molecule has 1 saturated carbocycles. The van der Waals surface area contributed by atoms with Gasteiger partial charge >= 0.3 is 6.18 Å². The lowest BCUT2D eigenvalue weighted by Crippen LogP contribution is -2.35. The second kappa shape index (κ2) is 15.7. The third kappa shape index (κ3) is 7.63. The van der Waals surface area contributed by atoms with Crippen LogP contribution in [-0.2, 0) is 36.3 Å². The Labute approximate surface area is 375 Å². The first-order valence-electron chi connectivity index (χ1n) is 21.4. The third-order valence-corrected chi connectivity index (χ3v) is 13.7. The third-order valence-electron chi connectivity index (χ3n) is 12.8. The van der Waals surface area contributed by atoms with E-state index in [1.807, 2.05) is 30.3 Å². The van der Waals surface area contributed by atoms with Gasteiger partial charge in [0, 0.05) is 40.7 Å². The molecule has 3 aliphatic carbocycles. The average molecular weight is 921 g/mol. The minimum Gasteiger partial charge on any atom is -0.346 e.